The van der Waals surface area contributed by atoms with Crippen LogP contribution in [-0.4, -0.2) is 62.0 Å². The summed E-state index contributed by atoms with van der Waals surface area (Å²) in [6, 6.07) is 15.2. The molecule has 2 amide bonds. The van der Waals surface area contributed by atoms with Crippen molar-refractivity contribution in [2.24, 2.45) is 0 Å². The van der Waals surface area contributed by atoms with E-state index in [4.69, 9.17) is 4.74 Å². The van der Waals surface area contributed by atoms with Crippen molar-refractivity contribution in [1.82, 2.24) is 10.2 Å². The maximum atomic E-state index is 12.5. The quantitative estimate of drug-likeness (QED) is 0.756. The summed E-state index contributed by atoms with van der Waals surface area (Å²) in [6.07, 6.45) is 0. The van der Waals surface area contributed by atoms with Crippen molar-refractivity contribution in [2.45, 2.75) is 6.54 Å². The van der Waals surface area contributed by atoms with Gasteiger partial charge in [-0.1, -0.05) is 18.2 Å². The summed E-state index contributed by atoms with van der Waals surface area (Å²) in [5, 5.41) is 2.94. The highest BCUT2D eigenvalue weighted by Crippen LogP contribution is 2.20. The SMILES string of the molecule is CN(C)C(=O)COc1cccc(C(=O)NCc2ccc(N3CCSCC3)cc2)c1. The number of rotatable bonds is 7. The molecule has 7 heteroatoms. The lowest BCUT2D eigenvalue weighted by molar-refractivity contribution is -0.130. The Morgan fingerprint density at radius 3 is 2.52 bits per heavy atom. The summed E-state index contributed by atoms with van der Waals surface area (Å²) >= 11 is 2.00. The number of likely N-dealkylation sites (N-methyl/N-ethyl adjacent to an activating group) is 1. The second kappa shape index (κ2) is 10.2. The van der Waals surface area contributed by atoms with E-state index in [1.807, 2.05) is 11.8 Å². The van der Waals surface area contributed by atoms with Gasteiger partial charge in [0, 0.05) is 56.5 Å². The number of hydrogen-bond acceptors (Lipinski definition) is 5. The average molecular weight is 414 g/mol. The molecule has 0 aromatic heterocycles. The van der Waals surface area contributed by atoms with Crippen LogP contribution in [-0.2, 0) is 11.3 Å². The highest BCUT2D eigenvalue weighted by molar-refractivity contribution is 7.99. The highest BCUT2D eigenvalue weighted by Gasteiger charge is 2.12. The Morgan fingerprint density at radius 1 is 1.10 bits per heavy atom. The molecule has 6 nitrogen and oxygen atoms in total. The normalized spacial score (nSPS) is 13.7. The molecule has 29 heavy (non-hydrogen) atoms. The largest absolute Gasteiger partial charge is 0.484 e. The van der Waals surface area contributed by atoms with Crippen LogP contribution in [0.3, 0.4) is 0 Å². The Labute approximate surface area is 176 Å². The van der Waals surface area contributed by atoms with E-state index in [0.717, 1.165) is 18.7 Å². The number of nitrogens with zero attached hydrogens (tertiary/aromatic N) is 2. The summed E-state index contributed by atoms with van der Waals surface area (Å²) in [5.41, 5.74) is 2.79. The minimum absolute atomic E-state index is 0.0554. The predicted octanol–water partition coefficient (Wildman–Crippen LogP) is 2.64. The fraction of sp³-hybridized carbons (Fsp3) is 0.364. The lowest BCUT2D eigenvalue weighted by Crippen LogP contribution is -2.32. The molecule has 1 saturated heterocycles. The molecule has 1 aliphatic rings. The molecule has 3 rings (SSSR count). The van der Waals surface area contributed by atoms with Crippen LogP contribution in [0.1, 0.15) is 15.9 Å². The van der Waals surface area contributed by atoms with Crippen molar-refractivity contribution in [3.8, 4) is 5.75 Å². The van der Waals surface area contributed by atoms with Crippen molar-refractivity contribution >= 4 is 29.3 Å². The molecule has 1 N–H and O–H groups in total. The Kier molecular flexibility index (Phi) is 7.41. The van der Waals surface area contributed by atoms with Gasteiger partial charge in [0.2, 0.25) is 0 Å². The first-order chi connectivity index (χ1) is 14.0. The van der Waals surface area contributed by atoms with E-state index in [1.165, 1.54) is 22.1 Å². The fourth-order valence-electron chi connectivity index (χ4n) is 2.93. The molecule has 2 aromatic rings. The van der Waals surface area contributed by atoms with Crippen molar-refractivity contribution in [1.29, 1.82) is 0 Å². The number of benzene rings is 2. The zero-order valence-electron chi connectivity index (χ0n) is 16.9. The number of nitrogens with one attached hydrogen (secondary N) is 1. The molecule has 2 aromatic carbocycles. The van der Waals surface area contributed by atoms with Gasteiger partial charge in [0.1, 0.15) is 5.75 Å². The van der Waals surface area contributed by atoms with Gasteiger partial charge in [0.15, 0.2) is 6.61 Å². The van der Waals surface area contributed by atoms with Gasteiger partial charge in [-0.2, -0.15) is 11.8 Å². The Morgan fingerprint density at radius 2 is 1.83 bits per heavy atom. The number of carbonyl (C=O) groups excluding carboxylic acids is 2. The Bertz CT molecular complexity index is 833. The van der Waals surface area contributed by atoms with Gasteiger partial charge in [0.05, 0.1) is 0 Å². The van der Waals surface area contributed by atoms with Crippen LogP contribution < -0.4 is 15.0 Å². The third-order valence-electron chi connectivity index (χ3n) is 4.72. The summed E-state index contributed by atoms with van der Waals surface area (Å²) in [4.78, 5) is 28.0. The van der Waals surface area contributed by atoms with Crippen molar-refractivity contribution < 1.29 is 14.3 Å². The van der Waals surface area contributed by atoms with E-state index in [2.05, 4.69) is 34.5 Å². The van der Waals surface area contributed by atoms with Crippen LogP contribution in [0.25, 0.3) is 0 Å². The second-order valence-corrected chi connectivity index (χ2v) is 8.28. The number of hydrogen-bond donors (Lipinski definition) is 1. The Hall–Kier alpha value is -2.67. The van der Waals surface area contributed by atoms with Gasteiger partial charge in [-0.3, -0.25) is 9.59 Å². The van der Waals surface area contributed by atoms with E-state index in [-0.39, 0.29) is 18.4 Å². The molecule has 0 saturated carbocycles. The third kappa shape index (κ3) is 6.15. The van der Waals surface area contributed by atoms with Gasteiger partial charge in [-0.05, 0) is 35.9 Å². The van der Waals surface area contributed by atoms with Crippen LogP contribution in [0.4, 0.5) is 5.69 Å². The van der Waals surface area contributed by atoms with Crippen molar-refractivity contribution in [2.75, 3.05) is 50.2 Å². The molecule has 0 bridgehead atoms. The first-order valence-corrected chi connectivity index (χ1v) is 10.8. The van der Waals surface area contributed by atoms with Crippen LogP contribution in [0.15, 0.2) is 48.5 Å². The topological polar surface area (TPSA) is 61.9 Å². The van der Waals surface area contributed by atoms with Crippen LogP contribution in [0.5, 0.6) is 5.75 Å². The summed E-state index contributed by atoms with van der Waals surface area (Å²) in [6.45, 7) is 2.57. The van der Waals surface area contributed by atoms with E-state index in [0.29, 0.717) is 17.9 Å². The highest BCUT2D eigenvalue weighted by atomic mass is 32.2. The molecule has 0 spiro atoms. The zero-order valence-corrected chi connectivity index (χ0v) is 17.7. The maximum Gasteiger partial charge on any atom is 0.259 e. The summed E-state index contributed by atoms with van der Waals surface area (Å²) < 4.78 is 5.48. The average Bonchev–Trinajstić information content (AvgIpc) is 2.77. The van der Waals surface area contributed by atoms with Gasteiger partial charge in [-0.15, -0.1) is 0 Å². The van der Waals surface area contributed by atoms with Crippen LogP contribution >= 0.6 is 11.8 Å². The molecular weight excluding hydrogens is 386 g/mol. The van der Waals surface area contributed by atoms with Gasteiger partial charge < -0.3 is 19.9 Å². The molecule has 1 fully saturated rings. The van der Waals surface area contributed by atoms with Crippen molar-refractivity contribution in [3.63, 3.8) is 0 Å². The number of anilines is 1. The molecule has 0 atom stereocenters. The smallest absolute Gasteiger partial charge is 0.259 e. The van der Waals surface area contributed by atoms with E-state index < -0.39 is 0 Å². The molecule has 1 aliphatic heterocycles. The minimum Gasteiger partial charge on any atom is -0.484 e. The van der Waals surface area contributed by atoms with Crippen molar-refractivity contribution in [3.05, 3.63) is 59.7 Å². The number of amides is 2. The van der Waals surface area contributed by atoms with Gasteiger partial charge in [0.25, 0.3) is 11.8 Å². The van der Waals surface area contributed by atoms with Crippen LogP contribution in [0.2, 0.25) is 0 Å². The molecule has 0 unspecified atom stereocenters. The second-order valence-electron chi connectivity index (χ2n) is 7.05. The van der Waals surface area contributed by atoms with E-state index in [1.54, 1.807) is 38.4 Å². The third-order valence-corrected chi connectivity index (χ3v) is 5.67. The van der Waals surface area contributed by atoms with E-state index >= 15 is 0 Å². The minimum atomic E-state index is -0.175. The first kappa shape index (κ1) is 21.0. The summed E-state index contributed by atoms with van der Waals surface area (Å²) in [7, 11) is 3.35. The monoisotopic (exact) mass is 413 g/mol. The zero-order chi connectivity index (χ0) is 20.6. The number of thioether (sulfide) groups is 1. The lowest BCUT2D eigenvalue weighted by atomic mass is 10.1. The number of carbonyl (C=O) groups is 2. The van der Waals surface area contributed by atoms with E-state index in [9.17, 15) is 9.59 Å². The molecule has 0 radical (unpaired) electrons. The Balaban J connectivity index is 1.52. The molecule has 1 heterocycles. The maximum absolute atomic E-state index is 12.5. The van der Waals surface area contributed by atoms with Gasteiger partial charge in [-0.25, -0.2) is 0 Å². The fourth-order valence-corrected chi connectivity index (χ4v) is 3.83. The first-order valence-electron chi connectivity index (χ1n) is 9.66. The van der Waals surface area contributed by atoms with Gasteiger partial charge >= 0.3 is 0 Å². The van der Waals surface area contributed by atoms with Crippen LogP contribution in [0, 0.1) is 0 Å². The number of ether oxygens (including phenoxy) is 1. The lowest BCUT2D eigenvalue weighted by Gasteiger charge is -2.28. The molecule has 0 aliphatic carbocycles. The summed E-state index contributed by atoms with van der Waals surface area (Å²) in [5.74, 6) is 2.53. The predicted molar refractivity (Wildman–Crippen MR) is 118 cm³/mol. The molecule has 154 valence electrons. The standard InChI is InChI=1S/C22H27N3O3S/c1-24(2)21(26)16-28-20-5-3-4-18(14-20)22(27)23-15-17-6-8-19(9-7-17)25-10-12-29-13-11-25/h3-9,14H,10-13,15-16H2,1-2H3,(H,23,27). The molecular formula is C22H27N3O3S.